The number of nitrogen functional groups attached to an aromatic ring is 1. The minimum Gasteiger partial charge on any atom is -0.396 e. The fourth-order valence-electron chi connectivity index (χ4n) is 2.38. The summed E-state index contributed by atoms with van der Waals surface area (Å²) in [6, 6.07) is 0.121. The van der Waals surface area contributed by atoms with E-state index in [1.54, 1.807) is 11.1 Å². The van der Waals surface area contributed by atoms with Gasteiger partial charge < -0.3 is 16.4 Å². The molecule has 2 unspecified atom stereocenters. The van der Waals surface area contributed by atoms with Crippen LogP contribution in [0.4, 0.5) is 5.69 Å². The smallest absolute Gasteiger partial charge is 0.244 e. The number of hydrogen-bond acceptors (Lipinski definition) is 4. The van der Waals surface area contributed by atoms with Gasteiger partial charge in [-0.05, 0) is 19.8 Å². The van der Waals surface area contributed by atoms with Crippen molar-refractivity contribution in [2.24, 2.45) is 11.7 Å². The van der Waals surface area contributed by atoms with E-state index in [9.17, 15) is 9.59 Å². The molecule has 0 radical (unpaired) electrons. The number of aromatic nitrogens is 2. The molecule has 4 N–H and O–H groups in total. The first-order valence-electron chi connectivity index (χ1n) is 6.34. The third-order valence-electron chi connectivity index (χ3n) is 3.56. The highest BCUT2D eigenvalue weighted by atomic mass is 16.2. The Morgan fingerprint density at radius 3 is 2.79 bits per heavy atom. The molecule has 0 bridgehead atoms. The highest BCUT2D eigenvalue weighted by Gasteiger charge is 2.31. The summed E-state index contributed by atoms with van der Waals surface area (Å²) < 4.78 is 1.50. The lowest BCUT2D eigenvalue weighted by atomic mass is 9.93. The summed E-state index contributed by atoms with van der Waals surface area (Å²) in [5, 5.41) is 3.98. The topological polar surface area (TPSA) is 107 Å². The van der Waals surface area contributed by atoms with Gasteiger partial charge >= 0.3 is 0 Å². The van der Waals surface area contributed by atoms with E-state index in [1.165, 1.54) is 10.9 Å². The van der Waals surface area contributed by atoms with Crippen molar-refractivity contribution in [2.75, 3.05) is 12.3 Å². The van der Waals surface area contributed by atoms with E-state index in [-0.39, 0.29) is 30.3 Å². The summed E-state index contributed by atoms with van der Waals surface area (Å²) in [6.45, 7) is 2.51. The lowest BCUT2D eigenvalue weighted by Gasteiger charge is -2.36. The summed E-state index contributed by atoms with van der Waals surface area (Å²) in [5.74, 6) is -0.655. The molecule has 0 saturated carbocycles. The molecule has 2 amide bonds. The lowest BCUT2D eigenvalue weighted by Crippen LogP contribution is -2.49. The van der Waals surface area contributed by atoms with E-state index in [2.05, 4.69) is 5.10 Å². The summed E-state index contributed by atoms with van der Waals surface area (Å²) >= 11 is 0. The number of likely N-dealkylation sites (tertiary alicyclic amines) is 1. The second-order valence-electron chi connectivity index (χ2n) is 5.04. The van der Waals surface area contributed by atoms with Crippen LogP contribution < -0.4 is 11.5 Å². The van der Waals surface area contributed by atoms with E-state index >= 15 is 0 Å². The van der Waals surface area contributed by atoms with Crippen LogP contribution in [0.25, 0.3) is 0 Å². The first-order valence-corrected chi connectivity index (χ1v) is 6.34. The molecule has 2 atom stereocenters. The quantitative estimate of drug-likeness (QED) is 0.773. The minimum absolute atomic E-state index is 0.0680. The molecule has 0 spiro atoms. The lowest BCUT2D eigenvalue weighted by molar-refractivity contribution is -0.138. The van der Waals surface area contributed by atoms with E-state index in [0.29, 0.717) is 12.2 Å². The van der Waals surface area contributed by atoms with Crippen molar-refractivity contribution < 1.29 is 9.59 Å². The van der Waals surface area contributed by atoms with Crippen LogP contribution >= 0.6 is 0 Å². The normalized spacial score (nSPS) is 23.3. The summed E-state index contributed by atoms with van der Waals surface area (Å²) in [7, 11) is 0. The zero-order valence-corrected chi connectivity index (χ0v) is 11.0. The van der Waals surface area contributed by atoms with Crippen LogP contribution in [-0.2, 0) is 16.1 Å². The Bertz CT molecular complexity index is 484. The number of rotatable bonds is 3. The van der Waals surface area contributed by atoms with E-state index in [4.69, 9.17) is 11.5 Å². The summed E-state index contributed by atoms with van der Waals surface area (Å²) in [6.07, 6.45) is 4.65. The molecule has 1 aromatic heterocycles. The number of nitrogens with two attached hydrogens (primary N) is 2. The van der Waals surface area contributed by atoms with Crippen LogP contribution in [0.5, 0.6) is 0 Å². The molecule has 7 nitrogen and oxygen atoms in total. The molecule has 7 heteroatoms. The van der Waals surface area contributed by atoms with Crippen molar-refractivity contribution in [1.82, 2.24) is 14.7 Å². The minimum atomic E-state index is -0.340. The van der Waals surface area contributed by atoms with Crippen molar-refractivity contribution >= 4 is 17.5 Å². The number of amides is 2. The van der Waals surface area contributed by atoms with Gasteiger partial charge in [-0.3, -0.25) is 14.3 Å². The first kappa shape index (κ1) is 13.4. The number of anilines is 1. The summed E-state index contributed by atoms with van der Waals surface area (Å²) in [4.78, 5) is 25.2. The van der Waals surface area contributed by atoms with Crippen molar-refractivity contribution in [1.29, 1.82) is 0 Å². The van der Waals surface area contributed by atoms with Crippen LogP contribution in [-0.4, -0.2) is 39.1 Å². The highest BCUT2D eigenvalue weighted by molar-refractivity contribution is 5.80. The second-order valence-corrected chi connectivity index (χ2v) is 5.04. The molecule has 19 heavy (non-hydrogen) atoms. The van der Waals surface area contributed by atoms with E-state index in [0.717, 1.165) is 12.8 Å². The Hall–Kier alpha value is -2.05. The Kier molecular flexibility index (Phi) is 3.73. The predicted octanol–water partition coefficient (Wildman–Crippen LogP) is -0.422. The zero-order valence-electron chi connectivity index (χ0n) is 11.0. The van der Waals surface area contributed by atoms with Crippen molar-refractivity contribution in [3.8, 4) is 0 Å². The maximum Gasteiger partial charge on any atom is 0.244 e. The second kappa shape index (κ2) is 5.29. The Labute approximate surface area is 111 Å². The maximum absolute atomic E-state index is 12.2. The van der Waals surface area contributed by atoms with E-state index in [1.807, 2.05) is 6.92 Å². The Morgan fingerprint density at radius 1 is 1.47 bits per heavy atom. The Morgan fingerprint density at radius 2 is 2.21 bits per heavy atom. The van der Waals surface area contributed by atoms with Crippen LogP contribution in [0.2, 0.25) is 0 Å². The van der Waals surface area contributed by atoms with Gasteiger partial charge in [-0.1, -0.05) is 0 Å². The van der Waals surface area contributed by atoms with Crippen LogP contribution in [0.15, 0.2) is 12.4 Å². The molecule has 1 aliphatic rings. The summed E-state index contributed by atoms with van der Waals surface area (Å²) in [5.41, 5.74) is 11.4. The average Bonchev–Trinajstić information content (AvgIpc) is 2.74. The monoisotopic (exact) mass is 265 g/mol. The number of carbonyl (C=O) groups excluding carboxylic acids is 2. The predicted molar refractivity (Wildman–Crippen MR) is 69.7 cm³/mol. The average molecular weight is 265 g/mol. The molecule has 1 fully saturated rings. The molecular weight excluding hydrogens is 246 g/mol. The molecule has 0 aromatic carbocycles. The molecule has 1 saturated heterocycles. The molecule has 104 valence electrons. The third-order valence-corrected chi connectivity index (χ3v) is 3.56. The molecule has 1 aliphatic heterocycles. The number of primary amides is 1. The largest absolute Gasteiger partial charge is 0.396 e. The van der Waals surface area contributed by atoms with Gasteiger partial charge in [0.2, 0.25) is 11.8 Å². The van der Waals surface area contributed by atoms with Crippen LogP contribution in [0.3, 0.4) is 0 Å². The molecule has 1 aromatic rings. The van der Waals surface area contributed by atoms with Gasteiger partial charge in [0.05, 0.1) is 17.8 Å². The fourth-order valence-corrected chi connectivity index (χ4v) is 2.38. The van der Waals surface area contributed by atoms with Crippen LogP contribution in [0, 0.1) is 5.92 Å². The third kappa shape index (κ3) is 3.04. The van der Waals surface area contributed by atoms with Gasteiger partial charge in [0.15, 0.2) is 0 Å². The van der Waals surface area contributed by atoms with Crippen molar-refractivity contribution in [2.45, 2.75) is 32.4 Å². The Balaban J connectivity index is 2.02. The van der Waals surface area contributed by atoms with Gasteiger partial charge in [0.25, 0.3) is 0 Å². The standard InChI is InChI=1S/C12H19N5O2/c1-8-2-3-9(12(14)19)5-17(8)11(18)7-16-6-10(13)4-15-16/h4,6,8-9H,2-3,5,7,13H2,1H3,(H2,14,19). The van der Waals surface area contributed by atoms with Crippen molar-refractivity contribution in [3.05, 3.63) is 12.4 Å². The van der Waals surface area contributed by atoms with Gasteiger partial charge in [0, 0.05) is 18.8 Å². The van der Waals surface area contributed by atoms with E-state index < -0.39 is 0 Å². The number of piperidine rings is 1. The zero-order chi connectivity index (χ0) is 14.0. The first-order chi connectivity index (χ1) is 8.97. The molecule has 2 rings (SSSR count). The fraction of sp³-hybridized carbons (Fsp3) is 0.583. The van der Waals surface area contributed by atoms with Gasteiger partial charge in [0.1, 0.15) is 6.54 Å². The van der Waals surface area contributed by atoms with Gasteiger partial charge in [-0.25, -0.2) is 0 Å². The van der Waals surface area contributed by atoms with Crippen molar-refractivity contribution in [3.63, 3.8) is 0 Å². The number of nitrogens with zero attached hydrogens (tertiary/aromatic N) is 3. The maximum atomic E-state index is 12.2. The molecule has 2 heterocycles. The van der Waals surface area contributed by atoms with Crippen LogP contribution in [0.1, 0.15) is 19.8 Å². The highest BCUT2D eigenvalue weighted by Crippen LogP contribution is 2.22. The number of hydrogen-bond donors (Lipinski definition) is 2. The number of carbonyl (C=O) groups is 2. The SMILES string of the molecule is CC1CCC(C(N)=O)CN1C(=O)Cn1cc(N)cn1. The van der Waals surface area contributed by atoms with Gasteiger partial charge in [-0.2, -0.15) is 5.10 Å². The molecular formula is C12H19N5O2. The van der Waals surface area contributed by atoms with Gasteiger partial charge in [-0.15, -0.1) is 0 Å². The molecule has 0 aliphatic carbocycles.